The maximum absolute atomic E-state index is 13.2. The maximum atomic E-state index is 13.2. The number of hydrogen-bond donors (Lipinski definition) is 1. The van der Waals surface area contributed by atoms with E-state index >= 15 is 0 Å². The molecular weight excluding hydrogens is 225 g/mol. The quantitative estimate of drug-likeness (QED) is 0.752. The van der Waals surface area contributed by atoms with E-state index < -0.39 is 0 Å². The first kappa shape index (κ1) is 13.3. The fraction of sp³-hybridized carbons (Fsp3) is 0.538. The molecule has 0 spiro atoms. The van der Waals surface area contributed by atoms with Crippen molar-refractivity contribution in [3.05, 3.63) is 29.0 Å². The van der Waals surface area contributed by atoms with Crippen molar-refractivity contribution >= 4 is 17.3 Å². The van der Waals surface area contributed by atoms with E-state index in [9.17, 15) is 4.39 Å². The molecule has 0 atom stereocenters. The molecule has 0 fully saturated rings. The molecule has 0 aliphatic heterocycles. The second-order valence-electron chi connectivity index (χ2n) is 4.05. The Kier molecular flexibility index (Phi) is 5.61. The van der Waals surface area contributed by atoms with E-state index in [1.807, 2.05) is 6.07 Å². The Morgan fingerprint density at radius 2 is 1.88 bits per heavy atom. The molecule has 0 unspecified atom stereocenters. The van der Waals surface area contributed by atoms with Crippen molar-refractivity contribution in [3.8, 4) is 0 Å². The lowest BCUT2D eigenvalue weighted by molar-refractivity contribution is 0.584. The van der Waals surface area contributed by atoms with Gasteiger partial charge in [-0.3, -0.25) is 0 Å². The molecule has 3 heteroatoms. The standard InChI is InChI=1S/C13H19ClFN/c1-3-5-10(6-4-2)16-11-7-8-12(14)13(15)9-11/h7-10,16H,3-6H2,1-2H3. The minimum absolute atomic E-state index is 0.174. The minimum Gasteiger partial charge on any atom is -0.382 e. The number of benzene rings is 1. The molecule has 1 rings (SSSR count). The van der Waals surface area contributed by atoms with Crippen molar-refractivity contribution in [2.45, 2.75) is 45.6 Å². The van der Waals surface area contributed by atoms with Crippen LogP contribution in [0.15, 0.2) is 18.2 Å². The van der Waals surface area contributed by atoms with Gasteiger partial charge < -0.3 is 5.32 Å². The molecule has 0 saturated carbocycles. The monoisotopic (exact) mass is 243 g/mol. The molecule has 0 aromatic heterocycles. The van der Waals surface area contributed by atoms with Crippen LogP contribution in [-0.4, -0.2) is 6.04 Å². The zero-order valence-corrected chi connectivity index (χ0v) is 10.6. The highest BCUT2D eigenvalue weighted by molar-refractivity contribution is 6.30. The number of rotatable bonds is 6. The van der Waals surface area contributed by atoms with Crippen LogP contribution in [0.1, 0.15) is 39.5 Å². The number of halogens is 2. The molecule has 1 nitrogen and oxygen atoms in total. The second kappa shape index (κ2) is 6.74. The van der Waals surface area contributed by atoms with Crippen LogP contribution in [0.5, 0.6) is 0 Å². The summed E-state index contributed by atoms with van der Waals surface area (Å²) in [5, 5.41) is 3.52. The summed E-state index contributed by atoms with van der Waals surface area (Å²) in [6.45, 7) is 4.32. The fourth-order valence-corrected chi connectivity index (χ4v) is 1.92. The van der Waals surface area contributed by atoms with Crippen molar-refractivity contribution in [1.82, 2.24) is 0 Å². The average molecular weight is 244 g/mol. The van der Waals surface area contributed by atoms with Crippen LogP contribution in [-0.2, 0) is 0 Å². The second-order valence-corrected chi connectivity index (χ2v) is 4.45. The molecule has 0 heterocycles. The summed E-state index contributed by atoms with van der Waals surface area (Å²) < 4.78 is 13.2. The van der Waals surface area contributed by atoms with Crippen LogP contribution >= 0.6 is 11.6 Å². The third-order valence-corrected chi connectivity index (χ3v) is 2.87. The number of nitrogens with one attached hydrogen (secondary N) is 1. The van der Waals surface area contributed by atoms with Crippen molar-refractivity contribution in [1.29, 1.82) is 0 Å². The van der Waals surface area contributed by atoms with E-state index in [4.69, 9.17) is 11.6 Å². The number of hydrogen-bond acceptors (Lipinski definition) is 1. The fourth-order valence-electron chi connectivity index (χ4n) is 1.81. The average Bonchev–Trinajstić information content (AvgIpc) is 2.24. The molecule has 0 saturated heterocycles. The van der Waals surface area contributed by atoms with Crippen molar-refractivity contribution in [2.75, 3.05) is 5.32 Å². The summed E-state index contributed by atoms with van der Waals surface area (Å²) in [5.74, 6) is -0.363. The highest BCUT2D eigenvalue weighted by Gasteiger charge is 2.07. The SMILES string of the molecule is CCCC(CCC)Nc1ccc(Cl)c(F)c1. The molecule has 1 aromatic rings. The van der Waals surface area contributed by atoms with Gasteiger partial charge in [0.1, 0.15) is 5.82 Å². The van der Waals surface area contributed by atoms with Gasteiger partial charge in [0.2, 0.25) is 0 Å². The van der Waals surface area contributed by atoms with Crippen LogP contribution in [0.4, 0.5) is 10.1 Å². The Hall–Kier alpha value is -0.760. The van der Waals surface area contributed by atoms with E-state index in [1.165, 1.54) is 6.07 Å². The number of anilines is 1. The van der Waals surface area contributed by atoms with Crippen LogP contribution in [0.25, 0.3) is 0 Å². The Bertz CT molecular complexity index is 322. The molecule has 0 aliphatic rings. The molecule has 0 aliphatic carbocycles. The largest absolute Gasteiger partial charge is 0.382 e. The third kappa shape index (κ3) is 4.01. The summed E-state index contributed by atoms with van der Waals surface area (Å²) in [6.07, 6.45) is 4.48. The molecule has 0 bridgehead atoms. The zero-order valence-electron chi connectivity index (χ0n) is 9.89. The van der Waals surface area contributed by atoms with Gasteiger partial charge in [-0.1, -0.05) is 38.3 Å². The summed E-state index contributed by atoms with van der Waals surface area (Å²) in [5.41, 5.74) is 0.814. The van der Waals surface area contributed by atoms with Gasteiger partial charge in [0.15, 0.2) is 0 Å². The van der Waals surface area contributed by atoms with Gasteiger partial charge in [-0.05, 0) is 31.0 Å². The molecular formula is C13H19ClFN. The Morgan fingerprint density at radius 3 is 2.38 bits per heavy atom. The van der Waals surface area contributed by atoms with Gasteiger partial charge in [-0.25, -0.2) is 4.39 Å². The van der Waals surface area contributed by atoms with Gasteiger partial charge >= 0.3 is 0 Å². The predicted octanol–water partition coefficient (Wildman–Crippen LogP) is 4.86. The van der Waals surface area contributed by atoms with Crippen molar-refractivity contribution in [2.24, 2.45) is 0 Å². The first-order valence-corrected chi connectivity index (χ1v) is 6.26. The summed E-state index contributed by atoms with van der Waals surface area (Å²) in [4.78, 5) is 0. The summed E-state index contributed by atoms with van der Waals surface area (Å²) in [6, 6.07) is 5.30. The maximum Gasteiger partial charge on any atom is 0.143 e. The molecule has 90 valence electrons. The van der Waals surface area contributed by atoms with Crippen LogP contribution in [0, 0.1) is 5.82 Å². The molecule has 1 N–H and O–H groups in total. The Balaban J connectivity index is 2.65. The summed E-state index contributed by atoms with van der Waals surface area (Å²) in [7, 11) is 0. The lowest BCUT2D eigenvalue weighted by Crippen LogP contribution is -2.18. The van der Waals surface area contributed by atoms with Crippen LogP contribution < -0.4 is 5.32 Å². The van der Waals surface area contributed by atoms with Gasteiger partial charge in [-0.2, -0.15) is 0 Å². The Morgan fingerprint density at radius 1 is 1.25 bits per heavy atom. The van der Waals surface area contributed by atoms with Gasteiger partial charge in [0.05, 0.1) is 5.02 Å². The lowest BCUT2D eigenvalue weighted by Gasteiger charge is -2.18. The normalized spacial score (nSPS) is 10.8. The van der Waals surface area contributed by atoms with E-state index in [0.29, 0.717) is 6.04 Å². The van der Waals surface area contributed by atoms with Crippen molar-refractivity contribution in [3.63, 3.8) is 0 Å². The summed E-state index contributed by atoms with van der Waals surface area (Å²) >= 11 is 5.64. The lowest BCUT2D eigenvalue weighted by atomic mass is 10.1. The van der Waals surface area contributed by atoms with Gasteiger partial charge in [0.25, 0.3) is 0 Å². The van der Waals surface area contributed by atoms with Crippen LogP contribution in [0.2, 0.25) is 5.02 Å². The van der Waals surface area contributed by atoms with E-state index in [0.717, 1.165) is 31.4 Å². The van der Waals surface area contributed by atoms with Gasteiger partial charge in [-0.15, -0.1) is 0 Å². The van der Waals surface area contributed by atoms with Crippen LogP contribution in [0.3, 0.4) is 0 Å². The van der Waals surface area contributed by atoms with E-state index in [2.05, 4.69) is 19.2 Å². The first-order valence-electron chi connectivity index (χ1n) is 5.89. The zero-order chi connectivity index (χ0) is 12.0. The smallest absolute Gasteiger partial charge is 0.143 e. The first-order chi connectivity index (χ1) is 7.67. The topological polar surface area (TPSA) is 12.0 Å². The predicted molar refractivity (Wildman–Crippen MR) is 68.6 cm³/mol. The highest BCUT2D eigenvalue weighted by atomic mass is 35.5. The molecule has 16 heavy (non-hydrogen) atoms. The Labute approximate surface area is 102 Å². The van der Waals surface area contributed by atoms with E-state index in [-0.39, 0.29) is 10.8 Å². The highest BCUT2D eigenvalue weighted by Crippen LogP contribution is 2.20. The minimum atomic E-state index is -0.363. The van der Waals surface area contributed by atoms with E-state index in [1.54, 1.807) is 6.07 Å². The molecule has 1 aromatic carbocycles. The third-order valence-electron chi connectivity index (χ3n) is 2.56. The molecule has 0 amide bonds. The van der Waals surface area contributed by atoms with Gasteiger partial charge in [0, 0.05) is 11.7 Å². The van der Waals surface area contributed by atoms with Crippen molar-refractivity contribution < 1.29 is 4.39 Å². The molecule has 0 radical (unpaired) electrons.